The molecule has 5 atom stereocenters. The van der Waals surface area contributed by atoms with Gasteiger partial charge in [0.05, 0.1) is 17.1 Å². The molecule has 46 heavy (non-hydrogen) atoms. The molecule has 9 nitrogen and oxygen atoms in total. The van der Waals surface area contributed by atoms with E-state index in [1.165, 1.54) is 24.3 Å². The average molecular weight is 629 g/mol. The SMILES string of the molecule is C#Cc1c(F)ccc2cc(O)cc(-c3nc4c5c(nc(OC[C@@]67CCCN6C[C@@H](F)C7)nc5c3F)N3C[C@@H]5CC[C@@H](N5)[C@H]3CO4)c12. The molecule has 4 fully saturated rings. The number of rotatable bonds is 4. The lowest BCUT2D eigenvalue weighted by molar-refractivity contribution is 0.107. The van der Waals surface area contributed by atoms with Crippen molar-refractivity contribution in [2.24, 2.45) is 0 Å². The molecule has 0 amide bonds. The Labute approximate surface area is 262 Å². The zero-order valence-corrected chi connectivity index (χ0v) is 24.9. The highest BCUT2D eigenvalue weighted by Gasteiger charge is 2.50. The van der Waals surface area contributed by atoms with Crippen LogP contribution in [0, 0.1) is 24.0 Å². The molecule has 0 saturated carbocycles. The zero-order chi connectivity index (χ0) is 31.3. The molecule has 4 aromatic rings. The molecule has 2 aromatic carbocycles. The van der Waals surface area contributed by atoms with Gasteiger partial charge in [-0.05, 0) is 55.8 Å². The van der Waals surface area contributed by atoms with Gasteiger partial charge in [-0.3, -0.25) is 4.90 Å². The van der Waals surface area contributed by atoms with Crippen LogP contribution in [0.15, 0.2) is 24.3 Å². The van der Waals surface area contributed by atoms with Crippen LogP contribution in [-0.2, 0) is 0 Å². The fraction of sp³-hybridized carbons (Fsp3) is 0.441. The lowest BCUT2D eigenvalue weighted by atomic mass is 9.95. The largest absolute Gasteiger partial charge is 0.508 e. The normalized spacial score (nSPS) is 28.2. The number of pyridine rings is 1. The van der Waals surface area contributed by atoms with Gasteiger partial charge in [-0.2, -0.15) is 9.97 Å². The smallest absolute Gasteiger partial charge is 0.319 e. The first-order valence-corrected chi connectivity index (χ1v) is 15.8. The highest BCUT2D eigenvalue weighted by atomic mass is 19.1. The molecule has 5 aliphatic heterocycles. The molecule has 12 heteroatoms. The van der Waals surface area contributed by atoms with E-state index in [0.29, 0.717) is 36.1 Å². The van der Waals surface area contributed by atoms with Crippen LogP contribution in [0.2, 0.25) is 0 Å². The van der Waals surface area contributed by atoms with Gasteiger partial charge >= 0.3 is 6.01 Å². The summed E-state index contributed by atoms with van der Waals surface area (Å²) in [6.07, 6.45) is 8.89. The number of fused-ring (bicyclic) bond motifs is 7. The molecule has 2 N–H and O–H groups in total. The van der Waals surface area contributed by atoms with Crippen molar-refractivity contribution in [1.82, 2.24) is 25.2 Å². The summed E-state index contributed by atoms with van der Waals surface area (Å²) in [7, 11) is 0. The number of hydrogen-bond donors (Lipinski definition) is 2. The molecule has 236 valence electrons. The molecular weight excluding hydrogens is 597 g/mol. The number of benzene rings is 2. The van der Waals surface area contributed by atoms with Crippen LogP contribution in [-0.4, -0.2) is 87.6 Å². The van der Waals surface area contributed by atoms with Gasteiger partial charge in [0.25, 0.3) is 0 Å². The summed E-state index contributed by atoms with van der Waals surface area (Å²) in [5.41, 5.74) is -0.688. The number of nitrogens with one attached hydrogen (secondary N) is 1. The van der Waals surface area contributed by atoms with Gasteiger partial charge in [0.1, 0.15) is 53.4 Å². The predicted octanol–water partition coefficient (Wildman–Crippen LogP) is 4.47. The monoisotopic (exact) mass is 628 g/mol. The Morgan fingerprint density at radius 1 is 1.15 bits per heavy atom. The lowest BCUT2D eigenvalue weighted by Crippen LogP contribution is -2.60. The van der Waals surface area contributed by atoms with Crippen molar-refractivity contribution in [1.29, 1.82) is 0 Å². The molecule has 0 aliphatic carbocycles. The third-order valence-corrected chi connectivity index (χ3v) is 10.6. The Hall–Kier alpha value is -4.34. The third kappa shape index (κ3) is 4.07. The number of ether oxygens (including phenoxy) is 2. The van der Waals surface area contributed by atoms with Crippen molar-refractivity contribution in [2.75, 3.05) is 37.7 Å². The summed E-state index contributed by atoms with van der Waals surface area (Å²) in [5.74, 6) is 1.35. The Kier molecular flexibility index (Phi) is 6.12. The number of terminal acetylenes is 1. The highest BCUT2D eigenvalue weighted by molar-refractivity contribution is 6.04. The quantitative estimate of drug-likeness (QED) is 0.318. The molecule has 0 unspecified atom stereocenters. The van der Waals surface area contributed by atoms with E-state index >= 15 is 4.39 Å². The van der Waals surface area contributed by atoms with Crippen LogP contribution in [0.5, 0.6) is 17.6 Å². The van der Waals surface area contributed by atoms with Gasteiger partial charge in [-0.15, -0.1) is 6.42 Å². The standard InChI is InChI=1S/C34H31F3N6O3/c1-2-21-23(36)6-4-17-10-20(44)11-22(26(17)21)29-28(37)30-27-31(43-14-19-5-7-24(38-19)25(43)15-45-32(27)39-29)41-33(40-30)46-16-34-8-3-9-42(34)13-18(35)12-34/h1,4,6,10-11,18-19,24-25,38,44H,3,5,7-9,12-16H2/t18-,19-,24+,25+,34-/m0/s1. The Balaban J connectivity index is 1.25. The van der Waals surface area contributed by atoms with Crippen molar-refractivity contribution in [2.45, 2.75) is 61.9 Å². The summed E-state index contributed by atoms with van der Waals surface area (Å²) >= 11 is 0. The number of anilines is 1. The first-order chi connectivity index (χ1) is 22.3. The van der Waals surface area contributed by atoms with Crippen molar-refractivity contribution in [3.63, 3.8) is 0 Å². The number of phenolic OH excluding ortho intramolecular Hbond substituents is 1. The second-order valence-corrected chi connectivity index (χ2v) is 13.2. The van der Waals surface area contributed by atoms with Crippen LogP contribution in [0.3, 0.4) is 0 Å². The number of nitrogens with zero attached hydrogens (tertiary/aromatic N) is 5. The minimum atomic E-state index is -0.927. The van der Waals surface area contributed by atoms with Gasteiger partial charge in [0.2, 0.25) is 5.88 Å². The average Bonchev–Trinajstić information content (AvgIpc) is 3.68. The summed E-state index contributed by atoms with van der Waals surface area (Å²) in [4.78, 5) is 18.4. The Morgan fingerprint density at radius 3 is 2.91 bits per heavy atom. The zero-order valence-electron chi connectivity index (χ0n) is 24.9. The van der Waals surface area contributed by atoms with Gasteiger partial charge < -0.3 is 24.8 Å². The molecule has 9 rings (SSSR count). The van der Waals surface area contributed by atoms with E-state index in [4.69, 9.17) is 20.9 Å². The highest BCUT2D eigenvalue weighted by Crippen LogP contribution is 2.45. The third-order valence-electron chi connectivity index (χ3n) is 10.6. The summed E-state index contributed by atoms with van der Waals surface area (Å²) < 4.78 is 59.1. The maximum Gasteiger partial charge on any atom is 0.319 e. The summed E-state index contributed by atoms with van der Waals surface area (Å²) in [6, 6.07) is 5.72. The molecule has 7 heterocycles. The minimum absolute atomic E-state index is 0.0179. The molecule has 4 saturated heterocycles. The predicted molar refractivity (Wildman–Crippen MR) is 165 cm³/mol. The lowest BCUT2D eigenvalue weighted by Gasteiger charge is -2.40. The van der Waals surface area contributed by atoms with E-state index in [9.17, 15) is 13.9 Å². The van der Waals surface area contributed by atoms with Crippen LogP contribution in [0.1, 0.15) is 37.7 Å². The summed E-state index contributed by atoms with van der Waals surface area (Å²) in [6.45, 7) is 2.27. The van der Waals surface area contributed by atoms with Gasteiger partial charge in [-0.25, -0.2) is 18.2 Å². The van der Waals surface area contributed by atoms with Crippen LogP contribution in [0.25, 0.3) is 32.9 Å². The first-order valence-electron chi connectivity index (χ1n) is 15.8. The first kappa shape index (κ1) is 27.9. The van der Waals surface area contributed by atoms with Crippen LogP contribution in [0.4, 0.5) is 19.0 Å². The second-order valence-electron chi connectivity index (χ2n) is 13.2. The number of aromatic hydroxyl groups is 1. The summed E-state index contributed by atoms with van der Waals surface area (Å²) in [5, 5.41) is 15.3. The number of aromatic nitrogens is 3. The Bertz CT molecular complexity index is 1990. The van der Waals surface area contributed by atoms with E-state index in [-0.39, 0.29) is 76.7 Å². The van der Waals surface area contributed by atoms with Crippen molar-refractivity contribution >= 4 is 27.5 Å². The van der Waals surface area contributed by atoms with Gasteiger partial charge in [0.15, 0.2) is 5.82 Å². The van der Waals surface area contributed by atoms with Crippen molar-refractivity contribution < 1.29 is 27.8 Å². The number of hydrogen-bond acceptors (Lipinski definition) is 9. The molecule has 0 radical (unpaired) electrons. The fourth-order valence-corrected chi connectivity index (χ4v) is 8.56. The molecular formula is C34H31F3N6O3. The van der Waals surface area contributed by atoms with Gasteiger partial charge in [0, 0.05) is 42.5 Å². The van der Waals surface area contributed by atoms with E-state index in [1.54, 1.807) is 0 Å². The topological polar surface area (TPSA) is 95.9 Å². The molecule has 5 aliphatic rings. The number of alkyl halides is 1. The number of halogens is 3. The van der Waals surface area contributed by atoms with Crippen LogP contribution >= 0.6 is 0 Å². The Morgan fingerprint density at radius 2 is 2.04 bits per heavy atom. The van der Waals surface area contributed by atoms with E-state index in [0.717, 1.165) is 32.2 Å². The fourth-order valence-electron chi connectivity index (χ4n) is 8.56. The maximum absolute atomic E-state index is 17.0. The van der Waals surface area contributed by atoms with Crippen LogP contribution < -0.4 is 19.7 Å². The van der Waals surface area contributed by atoms with E-state index in [2.05, 4.69) is 31.0 Å². The van der Waals surface area contributed by atoms with Gasteiger partial charge in [-0.1, -0.05) is 12.0 Å². The minimum Gasteiger partial charge on any atom is -0.508 e. The van der Waals surface area contributed by atoms with E-state index < -0.39 is 23.3 Å². The molecule has 2 aromatic heterocycles. The van der Waals surface area contributed by atoms with Crippen molar-refractivity contribution in [3.05, 3.63) is 41.5 Å². The second kappa shape index (κ2) is 10.1. The van der Waals surface area contributed by atoms with Crippen molar-refractivity contribution in [3.8, 4) is 41.2 Å². The van der Waals surface area contributed by atoms with E-state index in [1.807, 2.05) is 0 Å². The molecule has 2 bridgehead atoms. The molecule has 0 spiro atoms. The number of phenols is 1. The maximum atomic E-state index is 17.0. The number of piperazine rings is 1.